The summed E-state index contributed by atoms with van der Waals surface area (Å²) in [4.78, 5) is 26.0. The SMILES string of the molecule is CC(Sc1ccc(Br)c(C(=O)O)c1)C(=O)N1CCCC1. The summed E-state index contributed by atoms with van der Waals surface area (Å²) >= 11 is 4.62. The van der Waals surface area contributed by atoms with Crippen LogP contribution in [0, 0.1) is 0 Å². The van der Waals surface area contributed by atoms with Crippen LogP contribution in [-0.2, 0) is 4.79 Å². The van der Waals surface area contributed by atoms with E-state index in [1.165, 1.54) is 11.8 Å². The van der Waals surface area contributed by atoms with Crippen molar-refractivity contribution in [3.8, 4) is 0 Å². The number of thioether (sulfide) groups is 1. The second-order valence-corrected chi connectivity index (χ2v) is 7.01. The zero-order valence-corrected chi connectivity index (χ0v) is 13.5. The van der Waals surface area contributed by atoms with Gasteiger partial charge in [-0.1, -0.05) is 0 Å². The third kappa shape index (κ3) is 3.55. The van der Waals surface area contributed by atoms with Gasteiger partial charge < -0.3 is 10.0 Å². The van der Waals surface area contributed by atoms with Crippen LogP contribution in [0.15, 0.2) is 27.6 Å². The zero-order chi connectivity index (χ0) is 14.7. The summed E-state index contributed by atoms with van der Waals surface area (Å²) in [5.41, 5.74) is 0.218. The summed E-state index contributed by atoms with van der Waals surface area (Å²) < 4.78 is 0.549. The summed E-state index contributed by atoms with van der Waals surface area (Å²) in [5.74, 6) is -0.842. The van der Waals surface area contributed by atoms with E-state index in [9.17, 15) is 9.59 Å². The van der Waals surface area contributed by atoms with Gasteiger partial charge in [-0.25, -0.2) is 4.79 Å². The minimum atomic E-state index is -0.974. The molecule has 108 valence electrons. The van der Waals surface area contributed by atoms with Crippen LogP contribution in [0.5, 0.6) is 0 Å². The van der Waals surface area contributed by atoms with Gasteiger partial charge in [0.05, 0.1) is 10.8 Å². The van der Waals surface area contributed by atoms with Crippen LogP contribution < -0.4 is 0 Å². The van der Waals surface area contributed by atoms with Gasteiger partial charge in [0, 0.05) is 22.5 Å². The second-order valence-electron chi connectivity index (χ2n) is 4.74. The van der Waals surface area contributed by atoms with E-state index in [1.54, 1.807) is 12.1 Å². The molecule has 1 heterocycles. The third-order valence-electron chi connectivity index (χ3n) is 3.25. The molecule has 1 saturated heterocycles. The minimum absolute atomic E-state index is 0.132. The molecule has 1 atom stereocenters. The topological polar surface area (TPSA) is 57.6 Å². The van der Waals surface area contributed by atoms with Crippen molar-refractivity contribution in [1.82, 2.24) is 4.90 Å². The van der Waals surface area contributed by atoms with E-state index < -0.39 is 5.97 Å². The van der Waals surface area contributed by atoms with Crippen LogP contribution >= 0.6 is 27.7 Å². The molecule has 0 aliphatic carbocycles. The molecule has 1 N–H and O–H groups in total. The Kier molecular flexibility index (Phi) is 5.10. The number of amides is 1. The van der Waals surface area contributed by atoms with E-state index in [0.29, 0.717) is 4.47 Å². The molecule has 1 aliphatic rings. The van der Waals surface area contributed by atoms with Crippen molar-refractivity contribution < 1.29 is 14.7 Å². The van der Waals surface area contributed by atoms with Gasteiger partial charge in [0.25, 0.3) is 0 Å². The molecule has 1 amide bonds. The molecule has 1 aromatic rings. The monoisotopic (exact) mass is 357 g/mol. The number of benzene rings is 1. The Morgan fingerprint density at radius 1 is 1.35 bits per heavy atom. The Hall–Kier alpha value is -1.01. The van der Waals surface area contributed by atoms with Crippen molar-refractivity contribution >= 4 is 39.6 Å². The molecule has 0 bridgehead atoms. The van der Waals surface area contributed by atoms with E-state index in [2.05, 4.69) is 15.9 Å². The molecule has 0 spiro atoms. The van der Waals surface area contributed by atoms with Crippen LogP contribution in [0.4, 0.5) is 0 Å². The standard InChI is InChI=1S/C14H16BrNO3S/c1-9(13(17)16-6-2-3-7-16)20-10-4-5-12(15)11(8-10)14(18)19/h4-5,8-9H,2-3,6-7H2,1H3,(H,18,19). The average Bonchev–Trinajstić information content (AvgIpc) is 2.93. The minimum Gasteiger partial charge on any atom is -0.478 e. The number of hydrogen-bond donors (Lipinski definition) is 1. The summed E-state index contributed by atoms with van der Waals surface area (Å²) in [6, 6.07) is 5.14. The number of aromatic carboxylic acids is 1. The van der Waals surface area contributed by atoms with Gasteiger partial charge in [0.15, 0.2) is 0 Å². The maximum atomic E-state index is 12.2. The first-order valence-electron chi connectivity index (χ1n) is 6.47. The average molecular weight is 358 g/mol. The van der Waals surface area contributed by atoms with Crippen molar-refractivity contribution in [2.45, 2.75) is 29.9 Å². The Bertz CT molecular complexity index is 529. The van der Waals surface area contributed by atoms with Gasteiger partial charge in [-0.3, -0.25) is 4.79 Å². The number of carboxylic acid groups (broad SMARTS) is 1. The molecule has 20 heavy (non-hydrogen) atoms. The van der Waals surface area contributed by atoms with Crippen LogP contribution in [0.1, 0.15) is 30.1 Å². The summed E-state index contributed by atoms with van der Waals surface area (Å²) in [6.07, 6.45) is 2.15. The molecule has 1 aliphatic heterocycles. The van der Waals surface area contributed by atoms with Crippen LogP contribution in [0.3, 0.4) is 0 Å². The number of nitrogens with zero attached hydrogens (tertiary/aromatic N) is 1. The molecular formula is C14H16BrNO3S. The zero-order valence-electron chi connectivity index (χ0n) is 11.1. The second kappa shape index (κ2) is 6.63. The van der Waals surface area contributed by atoms with E-state index in [0.717, 1.165) is 30.8 Å². The number of rotatable bonds is 4. The van der Waals surface area contributed by atoms with E-state index in [1.807, 2.05) is 17.9 Å². The number of hydrogen-bond acceptors (Lipinski definition) is 3. The molecule has 1 unspecified atom stereocenters. The van der Waals surface area contributed by atoms with Crippen LogP contribution in [-0.4, -0.2) is 40.2 Å². The first kappa shape index (κ1) is 15.4. The quantitative estimate of drug-likeness (QED) is 0.840. The van der Waals surface area contributed by atoms with E-state index >= 15 is 0 Å². The highest BCUT2D eigenvalue weighted by atomic mass is 79.9. The van der Waals surface area contributed by atoms with Crippen LogP contribution in [0.25, 0.3) is 0 Å². The molecule has 0 aromatic heterocycles. The highest BCUT2D eigenvalue weighted by Crippen LogP contribution is 2.29. The Morgan fingerprint density at radius 3 is 2.60 bits per heavy atom. The lowest BCUT2D eigenvalue weighted by atomic mass is 10.2. The van der Waals surface area contributed by atoms with E-state index in [4.69, 9.17) is 5.11 Å². The van der Waals surface area contributed by atoms with Crippen molar-refractivity contribution in [3.05, 3.63) is 28.2 Å². The summed E-state index contributed by atoms with van der Waals surface area (Å²) in [5, 5.41) is 8.89. The Balaban J connectivity index is 2.07. The van der Waals surface area contributed by atoms with Crippen molar-refractivity contribution in [3.63, 3.8) is 0 Å². The predicted molar refractivity (Wildman–Crippen MR) is 82.2 cm³/mol. The maximum Gasteiger partial charge on any atom is 0.336 e. The predicted octanol–water partition coefficient (Wildman–Crippen LogP) is 3.25. The maximum absolute atomic E-state index is 12.2. The number of carbonyl (C=O) groups is 2. The molecule has 1 fully saturated rings. The molecule has 0 saturated carbocycles. The first-order chi connectivity index (χ1) is 9.49. The summed E-state index contributed by atoms with van der Waals surface area (Å²) in [7, 11) is 0. The van der Waals surface area contributed by atoms with Gasteiger partial charge in [0.2, 0.25) is 5.91 Å². The Morgan fingerprint density at radius 2 is 2.00 bits per heavy atom. The van der Waals surface area contributed by atoms with E-state index in [-0.39, 0.29) is 16.7 Å². The largest absolute Gasteiger partial charge is 0.478 e. The lowest BCUT2D eigenvalue weighted by Gasteiger charge is -2.20. The lowest BCUT2D eigenvalue weighted by Crippen LogP contribution is -2.33. The number of halogens is 1. The van der Waals surface area contributed by atoms with Crippen molar-refractivity contribution in [1.29, 1.82) is 0 Å². The fourth-order valence-electron chi connectivity index (χ4n) is 2.19. The Labute approximate surface area is 130 Å². The summed E-state index contributed by atoms with van der Waals surface area (Å²) in [6.45, 7) is 3.54. The first-order valence-corrected chi connectivity index (χ1v) is 8.14. The molecule has 4 nitrogen and oxygen atoms in total. The van der Waals surface area contributed by atoms with Gasteiger partial charge in [0.1, 0.15) is 0 Å². The molecular weight excluding hydrogens is 342 g/mol. The molecule has 6 heteroatoms. The van der Waals surface area contributed by atoms with Crippen LogP contribution in [0.2, 0.25) is 0 Å². The van der Waals surface area contributed by atoms with Gasteiger partial charge in [-0.2, -0.15) is 0 Å². The number of likely N-dealkylation sites (tertiary alicyclic amines) is 1. The number of carboxylic acids is 1. The smallest absolute Gasteiger partial charge is 0.336 e. The lowest BCUT2D eigenvalue weighted by molar-refractivity contribution is -0.129. The number of carbonyl (C=O) groups excluding carboxylic acids is 1. The molecule has 2 rings (SSSR count). The molecule has 1 aromatic carbocycles. The third-order valence-corrected chi connectivity index (χ3v) is 5.02. The fraction of sp³-hybridized carbons (Fsp3) is 0.429. The van der Waals surface area contributed by atoms with Gasteiger partial charge in [-0.15, -0.1) is 11.8 Å². The fourth-order valence-corrected chi connectivity index (χ4v) is 3.60. The van der Waals surface area contributed by atoms with Crippen molar-refractivity contribution in [2.75, 3.05) is 13.1 Å². The normalized spacial score (nSPS) is 16.2. The molecule has 0 radical (unpaired) electrons. The van der Waals surface area contributed by atoms with Gasteiger partial charge >= 0.3 is 5.97 Å². The van der Waals surface area contributed by atoms with Gasteiger partial charge in [-0.05, 0) is 53.9 Å². The van der Waals surface area contributed by atoms with Crippen molar-refractivity contribution in [2.24, 2.45) is 0 Å². The highest BCUT2D eigenvalue weighted by molar-refractivity contribution is 9.10. The highest BCUT2D eigenvalue weighted by Gasteiger charge is 2.24.